The van der Waals surface area contributed by atoms with Gasteiger partial charge in [0.2, 0.25) is 0 Å². The zero-order chi connectivity index (χ0) is 34.2. The Morgan fingerprint density at radius 2 is 1.08 bits per heavy atom. The van der Waals surface area contributed by atoms with Crippen molar-refractivity contribution >= 4 is 43.4 Å². The predicted molar refractivity (Wildman–Crippen MR) is 213 cm³/mol. The first kappa shape index (κ1) is 28.8. The number of para-hydroxylation sites is 1. The van der Waals surface area contributed by atoms with Crippen molar-refractivity contribution in [3.05, 3.63) is 176 Å². The lowest BCUT2D eigenvalue weighted by atomic mass is 9.91. The van der Waals surface area contributed by atoms with Crippen LogP contribution in [0.4, 0.5) is 0 Å². The number of rotatable bonds is 4. The van der Waals surface area contributed by atoms with Crippen LogP contribution in [0.2, 0.25) is 0 Å². The predicted octanol–water partition coefficient (Wildman–Crippen LogP) is 12.7. The van der Waals surface area contributed by atoms with Crippen LogP contribution in [0.5, 0.6) is 11.5 Å². The van der Waals surface area contributed by atoms with Crippen molar-refractivity contribution in [3.8, 4) is 62.2 Å². The minimum atomic E-state index is 0.678. The molecule has 0 saturated carbocycles. The van der Waals surface area contributed by atoms with E-state index in [1.807, 2.05) is 36.4 Å². The molecule has 3 heterocycles. The Bertz CT molecular complexity index is 2980. The first-order valence-corrected chi connectivity index (χ1v) is 17.6. The number of hydrogen-bond acceptors (Lipinski definition) is 3. The second-order valence-electron chi connectivity index (χ2n) is 13.4. The third-order valence-electron chi connectivity index (χ3n) is 10.4. The molecule has 0 atom stereocenters. The summed E-state index contributed by atoms with van der Waals surface area (Å²) in [6.45, 7) is 0. The van der Waals surface area contributed by atoms with E-state index in [1.165, 1.54) is 27.1 Å². The Balaban J connectivity index is 1.17. The third-order valence-corrected chi connectivity index (χ3v) is 10.4. The molecule has 0 radical (unpaired) electrons. The van der Waals surface area contributed by atoms with Gasteiger partial charge in [-0.05, 0) is 70.3 Å². The van der Waals surface area contributed by atoms with Gasteiger partial charge >= 0.3 is 0 Å². The first-order valence-electron chi connectivity index (χ1n) is 17.6. The van der Waals surface area contributed by atoms with Crippen LogP contribution in [0.1, 0.15) is 0 Å². The van der Waals surface area contributed by atoms with Gasteiger partial charge in [0.25, 0.3) is 0 Å². The van der Waals surface area contributed by atoms with Crippen LogP contribution < -0.4 is 4.74 Å². The van der Waals surface area contributed by atoms with E-state index in [1.54, 1.807) is 0 Å². The minimum Gasteiger partial charge on any atom is -0.456 e. The summed E-state index contributed by atoms with van der Waals surface area (Å²) in [5, 5.41) is 7.01. The van der Waals surface area contributed by atoms with E-state index in [0.29, 0.717) is 5.82 Å². The normalized spacial score (nSPS) is 12.0. The van der Waals surface area contributed by atoms with Gasteiger partial charge in [0, 0.05) is 38.4 Å². The van der Waals surface area contributed by atoms with E-state index >= 15 is 0 Å². The zero-order valence-electron chi connectivity index (χ0n) is 28.0. The molecule has 2 aromatic heterocycles. The molecule has 0 saturated heterocycles. The fraction of sp³-hybridized carbons (Fsp3) is 0. The number of ether oxygens (including phenoxy) is 1. The van der Waals surface area contributed by atoms with Crippen LogP contribution in [-0.4, -0.2) is 14.5 Å². The van der Waals surface area contributed by atoms with Gasteiger partial charge in [-0.3, -0.25) is 0 Å². The largest absolute Gasteiger partial charge is 0.456 e. The number of hydrogen-bond donors (Lipinski definition) is 0. The van der Waals surface area contributed by atoms with Gasteiger partial charge in [0.15, 0.2) is 5.82 Å². The monoisotopic (exact) mass is 663 g/mol. The summed E-state index contributed by atoms with van der Waals surface area (Å²) in [5.74, 6) is 2.35. The number of benzene rings is 8. The molecule has 0 N–H and O–H groups in total. The number of aromatic nitrogens is 3. The Hall–Kier alpha value is -7.04. The van der Waals surface area contributed by atoms with Crippen molar-refractivity contribution in [3.63, 3.8) is 0 Å². The molecule has 1 aliphatic rings. The Morgan fingerprint density at radius 3 is 1.85 bits per heavy atom. The number of fused-ring (bicyclic) bond motifs is 6. The molecular weight excluding hydrogens is 635 g/mol. The van der Waals surface area contributed by atoms with Gasteiger partial charge in [-0.2, -0.15) is 0 Å². The Kier molecular flexibility index (Phi) is 6.22. The van der Waals surface area contributed by atoms with E-state index in [0.717, 1.165) is 72.7 Å². The van der Waals surface area contributed by atoms with Crippen LogP contribution in [0.3, 0.4) is 0 Å². The molecule has 4 heteroatoms. The molecule has 8 aromatic carbocycles. The van der Waals surface area contributed by atoms with Gasteiger partial charge < -0.3 is 9.30 Å². The van der Waals surface area contributed by atoms with Gasteiger partial charge in [-0.1, -0.05) is 127 Å². The fourth-order valence-electron chi connectivity index (χ4n) is 8.04. The Morgan fingerprint density at radius 1 is 0.423 bits per heavy atom. The summed E-state index contributed by atoms with van der Waals surface area (Å²) in [7, 11) is 0. The SMILES string of the molecule is c1ccc(-c2cc(-c3ccccc3)nc(-c3ccc4c5c(cccc35)-c3c(cccc3-n3c5ccccc5c5cc6ccccc6cc53)O4)n2)cc1. The smallest absolute Gasteiger partial charge is 0.161 e. The van der Waals surface area contributed by atoms with Crippen molar-refractivity contribution in [2.75, 3.05) is 0 Å². The second-order valence-corrected chi connectivity index (χ2v) is 13.4. The highest BCUT2D eigenvalue weighted by Gasteiger charge is 2.27. The van der Waals surface area contributed by atoms with Gasteiger partial charge in [0.05, 0.1) is 28.1 Å². The maximum absolute atomic E-state index is 6.81. The summed E-state index contributed by atoms with van der Waals surface area (Å²) < 4.78 is 9.21. The van der Waals surface area contributed by atoms with Gasteiger partial charge in [0.1, 0.15) is 11.5 Å². The van der Waals surface area contributed by atoms with Crippen LogP contribution in [0.25, 0.3) is 94.1 Å². The highest BCUT2D eigenvalue weighted by Crippen LogP contribution is 2.51. The van der Waals surface area contributed by atoms with Gasteiger partial charge in [-0.15, -0.1) is 0 Å². The topological polar surface area (TPSA) is 39.9 Å². The molecule has 0 fully saturated rings. The average molecular weight is 664 g/mol. The van der Waals surface area contributed by atoms with Crippen molar-refractivity contribution in [2.45, 2.75) is 0 Å². The van der Waals surface area contributed by atoms with Crippen LogP contribution >= 0.6 is 0 Å². The molecule has 0 unspecified atom stereocenters. The summed E-state index contributed by atoms with van der Waals surface area (Å²) >= 11 is 0. The summed E-state index contributed by atoms with van der Waals surface area (Å²) in [6, 6.07) is 61.8. The zero-order valence-corrected chi connectivity index (χ0v) is 28.0. The molecule has 11 rings (SSSR count). The molecule has 52 heavy (non-hydrogen) atoms. The minimum absolute atomic E-state index is 0.678. The summed E-state index contributed by atoms with van der Waals surface area (Å²) in [6.07, 6.45) is 0. The van der Waals surface area contributed by atoms with Crippen molar-refractivity contribution in [2.24, 2.45) is 0 Å². The average Bonchev–Trinajstić information content (AvgIpc) is 3.53. The van der Waals surface area contributed by atoms with E-state index in [-0.39, 0.29) is 0 Å². The molecule has 10 aromatic rings. The van der Waals surface area contributed by atoms with E-state index < -0.39 is 0 Å². The molecule has 0 aliphatic carbocycles. The van der Waals surface area contributed by atoms with E-state index in [9.17, 15) is 0 Å². The Labute approximate surface area is 299 Å². The van der Waals surface area contributed by atoms with Crippen molar-refractivity contribution < 1.29 is 4.74 Å². The second kappa shape index (κ2) is 11.2. The lowest BCUT2D eigenvalue weighted by Gasteiger charge is -2.25. The molecule has 1 aliphatic heterocycles. The highest BCUT2D eigenvalue weighted by atomic mass is 16.5. The molecule has 0 spiro atoms. The van der Waals surface area contributed by atoms with Crippen LogP contribution in [0.15, 0.2) is 176 Å². The van der Waals surface area contributed by atoms with E-state index in [2.05, 4.69) is 144 Å². The summed E-state index contributed by atoms with van der Waals surface area (Å²) in [5.41, 5.74) is 10.4. The first-order chi connectivity index (χ1) is 25.8. The summed E-state index contributed by atoms with van der Waals surface area (Å²) in [4.78, 5) is 10.4. The lowest BCUT2D eigenvalue weighted by molar-refractivity contribution is 0.487. The standard InChI is InChI=1S/C48H29N3O/c1-3-13-30(14-4-1)39-29-40(31-15-5-2-6-16-31)50-48(49-39)36-25-26-45-46-35(36)20-11-21-37(46)47-42(23-12-24-44(47)52-45)51-41-22-10-9-19-34(41)38-27-32-17-7-8-18-33(32)28-43(38)51/h1-29H. The molecule has 4 nitrogen and oxygen atoms in total. The quantitative estimate of drug-likeness (QED) is 0.188. The number of nitrogens with zero attached hydrogens (tertiary/aromatic N) is 3. The molecule has 242 valence electrons. The van der Waals surface area contributed by atoms with Crippen molar-refractivity contribution in [1.29, 1.82) is 0 Å². The molecular formula is C48H29N3O. The maximum atomic E-state index is 6.81. The van der Waals surface area contributed by atoms with Gasteiger partial charge in [-0.25, -0.2) is 9.97 Å². The third kappa shape index (κ3) is 4.34. The van der Waals surface area contributed by atoms with Crippen LogP contribution in [-0.2, 0) is 0 Å². The maximum Gasteiger partial charge on any atom is 0.161 e. The van der Waals surface area contributed by atoms with Crippen molar-refractivity contribution in [1.82, 2.24) is 14.5 Å². The highest BCUT2D eigenvalue weighted by molar-refractivity contribution is 6.15. The fourth-order valence-corrected chi connectivity index (χ4v) is 8.04. The van der Waals surface area contributed by atoms with Crippen LogP contribution in [0, 0.1) is 0 Å². The molecule has 0 bridgehead atoms. The van der Waals surface area contributed by atoms with E-state index in [4.69, 9.17) is 14.7 Å². The molecule has 0 amide bonds. The lowest BCUT2D eigenvalue weighted by Crippen LogP contribution is -2.04.